The molecule has 0 radical (unpaired) electrons. The standard InChI is InChI=1S/C11H12N4O2/c12-11(16)9-3-1-8(2-4-9)5-13-6-10-14-7-17-15-10/h1-4,7,13H,5-6H2,(H2,12,16). The van der Waals surface area contributed by atoms with Gasteiger partial charge in [0.25, 0.3) is 0 Å². The van der Waals surface area contributed by atoms with Crippen molar-refractivity contribution in [3.05, 3.63) is 47.6 Å². The highest BCUT2D eigenvalue weighted by molar-refractivity contribution is 5.92. The Hall–Kier alpha value is -2.21. The van der Waals surface area contributed by atoms with Crippen molar-refractivity contribution < 1.29 is 9.32 Å². The first-order valence-electron chi connectivity index (χ1n) is 5.10. The molecule has 0 aliphatic heterocycles. The summed E-state index contributed by atoms with van der Waals surface area (Å²) in [4.78, 5) is 14.7. The van der Waals surface area contributed by atoms with E-state index in [-0.39, 0.29) is 0 Å². The number of carbonyl (C=O) groups excluding carboxylic acids is 1. The lowest BCUT2D eigenvalue weighted by molar-refractivity contribution is 0.100. The second-order valence-corrected chi connectivity index (χ2v) is 3.51. The molecule has 0 spiro atoms. The number of nitrogens with zero attached hydrogens (tertiary/aromatic N) is 2. The lowest BCUT2D eigenvalue weighted by Gasteiger charge is -2.03. The molecule has 0 saturated carbocycles. The number of hydrogen-bond acceptors (Lipinski definition) is 5. The Kier molecular flexibility index (Phi) is 3.46. The Labute approximate surface area is 97.8 Å². The molecule has 1 amide bonds. The van der Waals surface area contributed by atoms with Crippen LogP contribution in [-0.4, -0.2) is 16.0 Å². The second-order valence-electron chi connectivity index (χ2n) is 3.51. The van der Waals surface area contributed by atoms with Crippen LogP contribution in [0.15, 0.2) is 35.2 Å². The smallest absolute Gasteiger partial charge is 0.248 e. The van der Waals surface area contributed by atoms with Gasteiger partial charge in [-0.3, -0.25) is 4.79 Å². The van der Waals surface area contributed by atoms with E-state index in [0.717, 1.165) is 5.56 Å². The number of amides is 1. The summed E-state index contributed by atoms with van der Waals surface area (Å²) in [6.07, 6.45) is 1.29. The lowest BCUT2D eigenvalue weighted by atomic mass is 10.1. The Bertz CT molecular complexity index is 479. The summed E-state index contributed by atoms with van der Waals surface area (Å²) >= 11 is 0. The van der Waals surface area contributed by atoms with Crippen molar-refractivity contribution >= 4 is 5.91 Å². The molecule has 3 N–H and O–H groups in total. The minimum Gasteiger partial charge on any atom is -0.366 e. The predicted octanol–water partition coefficient (Wildman–Crippen LogP) is 0.458. The van der Waals surface area contributed by atoms with Crippen LogP contribution >= 0.6 is 0 Å². The number of benzene rings is 1. The van der Waals surface area contributed by atoms with Crippen molar-refractivity contribution in [2.24, 2.45) is 5.73 Å². The van der Waals surface area contributed by atoms with Crippen molar-refractivity contribution in [3.8, 4) is 0 Å². The summed E-state index contributed by atoms with van der Waals surface area (Å²) in [5, 5.41) is 6.83. The molecule has 1 aromatic carbocycles. The quantitative estimate of drug-likeness (QED) is 0.780. The highest BCUT2D eigenvalue weighted by atomic mass is 16.5. The van der Waals surface area contributed by atoms with E-state index < -0.39 is 5.91 Å². The van der Waals surface area contributed by atoms with Crippen LogP contribution < -0.4 is 11.1 Å². The summed E-state index contributed by atoms with van der Waals surface area (Å²) in [7, 11) is 0. The molecule has 0 saturated heterocycles. The van der Waals surface area contributed by atoms with Gasteiger partial charge in [-0.15, -0.1) is 0 Å². The summed E-state index contributed by atoms with van der Waals surface area (Å²) in [5.41, 5.74) is 6.71. The minimum atomic E-state index is -0.420. The third-order valence-electron chi connectivity index (χ3n) is 2.26. The average Bonchev–Trinajstić information content (AvgIpc) is 2.83. The van der Waals surface area contributed by atoms with Crippen molar-refractivity contribution in [2.45, 2.75) is 13.1 Å². The Morgan fingerprint density at radius 1 is 1.29 bits per heavy atom. The van der Waals surface area contributed by atoms with E-state index >= 15 is 0 Å². The molecule has 1 aromatic heterocycles. The normalized spacial score (nSPS) is 10.4. The largest absolute Gasteiger partial charge is 0.366 e. The monoisotopic (exact) mass is 232 g/mol. The fourth-order valence-corrected chi connectivity index (χ4v) is 1.38. The molecule has 2 aromatic rings. The minimum absolute atomic E-state index is 0.420. The van der Waals surface area contributed by atoms with Crippen LogP contribution in [0.1, 0.15) is 21.7 Å². The zero-order valence-corrected chi connectivity index (χ0v) is 9.09. The molecular formula is C11H12N4O2. The van der Waals surface area contributed by atoms with Gasteiger partial charge in [0, 0.05) is 12.1 Å². The zero-order valence-electron chi connectivity index (χ0n) is 9.09. The van der Waals surface area contributed by atoms with Crippen LogP contribution in [0.2, 0.25) is 0 Å². The molecule has 0 atom stereocenters. The van der Waals surface area contributed by atoms with Gasteiger partial charge in [-0.2, -0.15) is 4.98 Å². The van der Waals surface area contributed by atoms with Crippen LogP contribution in [0, 0.1) is 0 Å². The van der Waals surface area contributed by atoms with Crippen LogP contribution in [0.25, 0.3) is 0 Å². The second kappa shape index (κ2) is 5.22. The first-order chi connectivity index (χ1) is 8.25. The van der Waals surface area contributed by atoms with Crippen LogP contribution in [-0.2, 0) is 13.1 Å². The van der Waals surface area contributed by atoms with E-state index in [1.54, 1.807) is 12.1 Å². The number of carbonyl (C=O) groups is 1. The van der Waals surface area contributed by atoms with Gasteiger partial charge in [0.2, 0.25) is 12.3 Å². The number of nitrogens with one attached hydrogen (secondary N) is 1. The summed E-state index contributed by atoms with van der Waals surface area (Å²) in [6, 6.07) is 7.11. The summed E-state index contributed by atoms with van der Waals surface area (Å²) < 4.78 is 4.61. The van der Waals surface area contributed by atoms with Gasteiger partial charge in [-0.05, 0) is 17.7 Å². The van der Waals surface area contributed by atoms with Gasteiger partial charge in [0.05, 0.1) is 6.54 Å². The molecule has 6 heteroatoms. The number of aromatic nitrogens is 2. The van der Waals surface area contributed by atoms with Gasteiger partial charge >= 0.3 is 0 Å². The van der Waals surface area contributed by atoms with E-state index in [0.29, 0.717) is 24.5 Å². The van der Waals surface area contributed by atoms with E-state index in [1.807, 2.05) is 12.1 Å². The fraction of sp³-hybridized carbons (Fsp3) is 0.182. The van der Waals surface area contributed by atoms with Crippen molar-refractivity contribution in [2.75, 3.05) is 0 Å². The van der Waals surface area contributed by atoms with Crippen LogP contribution in [0.3, 0.4) is 0 Å². The van der Waals surface area contributed by atoms with Crippen LogP contribution in [0.4, 0.5) is 0 Å². The number of rotatable bonds is 5. The topological polar surface area (TPSA) is 94.0 Å². The predicted molar refractivity (Wildman–Crippen MR) is 59.8 cm³/mol. The number of nitrogens with two attached hydrogens (primary N) is 1. The first kappa shape index (κ1) is 11.3. The molecule has 0 unspecified atom stereocenters. The highest BCUT2D eigenvalue weighted by Gasteiger charge is 2.00. The maximum atomic E-state index is 10.9. The third kappa shape index (κ3) is 3.12. The highest BCUT2D eigenvalue weighted by Crippen LogP contribution is 2.03. The molecule has 0 aliphatic carbocycles. The Morgan fingerprint density at radius 3 is 2.65 bits per heavy atom. The van der Waals surface area contributed by atoms with Crippen molar-refractivity contribution in [1.29, 1.82) is 0 Å². The molecule has 2 rings (SSSR count). The lowest BCUT2D eigenvalue weighted by Crippen LogP contribution is -2.14. The molecule has 6 nitrogen and oxygen atoms in total. The zero-order chi connectivity index (χ0) is 12.1. The van der Waals surface area contributed by atoms with Crippen molar-refractivity contribution in [1.82, 2.24) is 15.5 Å². The molecule has 1 heterocycles. The third-order valence-corrected chi connectivity index (χ3v) is 2.26. The summed E-state index contributed by atoms with van der Waals surface area (Å²) in [5.74, 6) is 0.190. The fourth-order valence-electron chi connectivity index (χ4n) is 1.38. The van der Waals surface area contributed by atoms with Crippen molar-refractivity contribution in [3.63, 3.8) is 0 Å². The Balaban J connectivity index is 1.85. The maximum Gasteiger partial charge on any atom is 0.248 e. The molecule has 17 heavy (non-hydrogen) atoms. The van der Waals surface area contributed by atoms with E-state index in [4.69, 9.17) is 5.73 Å². The molecular weight excluding hydrogens is 220 g/mol. The van der Waals surface area contributed by atoms with Gasteiger partial charge in [-0.25, -0.2) is 0 Å². The van der Waals surface area contributed by atoms with Gasteiger partial charge < -0.3 is 15.6 Å². The molecule has 0 bridgehead atoms. The van der Waals surface area contributed by atoms with E-state index in [1.165, 1.54) is 6.39 Å². The maximum absolute atomic E-state index is 10.9. The molecule has 0 fully saturated rings. The Morgan fingerprint density at radius 2 is 2.06 bits per heavy atom. The number of hydrogen-bond donors (Lipinski definition) is 2. The van der Waals surface area contributed by atoms with Gasteiger partial charge in [0.1, 0.15) is 0 Å². The van der Waals surface area contributed by atoms with Gasteiger partial charge in [0.15, 0.2) is 5.82 Å². The first-order valence-corrected chi connectivity index (χ1v) is 5.10. The average molecular weight is 232 g/mol. The van der Waals surface area contributed by atoms with Crippen LogP contribution in [0.5, 0.6) is 0 Å². The van der Waals surface area contributed by atoms with E-state index in [2.05, 4.69) is 20.0 Å². The molecule has 0 aliphatic rings. The SMILES string of the molecule is NC(=O)c1ccc(CNCc2ncon2)cc1. The molecule has 88 valence electrons. The summed E-state index contributed by atoms with van der Waals surface area (Å²) in [6.45, 7) is 1.20. The number of primary amides is 1. The van der Waals surface area contributed by atoms with Gasteiger partial charge in [-0.1, -0.05) is 17.3 Å². The van der Waals surface area contributed by atoms with E-state index in [9.17, 15) is 4.79 Å².